The van der Waals surface area contributed by atoms with Gasteiger partial charge in [0.25, 0.3) is 0 Å². The molecule has 16 nitrogen and oxygen atoms in total. The molecule has 0 unspecified atom stereocenters. The maximum absolute atomic E-state index is 13.8. The average molecular weight is 1090 g/mol. The van der Waals surface area contributed by atoms with E-state index in [0.29, 0.717) is 44.4 Å². The number of carbonyl (C=O) groups excluding carboxylic acids is 7. The van der Waals surface area contributed by atoms with E-state index in [1.165, 1.54) is 30.6 Å². The number of nitrogens with zero attached hydrogens (tertiary/aromatic N) is 2. The summed E-state index contributed by atoms with van der Waals surface area (Å²) in [6.45, 7) is 13.2. The molecule has 0 saturated carbocycles. The standard InChI is InChI=1S/C61H108N2O14/c1-6-10-14-18-22-26-31-55(64)72-44-51(45-73-56(65)32-27-23-19-15-11-7-2)41-59(68)76-48-53-43-54(63(53)61(70)71-40-30-37-62-38-35-50(5)36-39-62)49-77-60(69)42-52(46-74-57(66)33-28-24-20-16-12-8-3)47-75-58(67)34-29-25-21-17-13-9-4/h50-54H,6-49H2,1-5H3/t53-,54+. The maximum atomic E-state index is 13.8. The van der Waals surface area contributed by atoms with Crippen molar-refractivity contribution in [2.45, 2.75) is 265 Å². The predicted molar refractivity (Wildman–Crippen MR) is 299 cm³/mol. The highest BCUT2D eigenvalue weighted by Crippen LogP contribution is 2.29. The third-order valence-electron chi connectivity index (χ3n) is 14.9. The van der Waals surface area contributed by atoms with Gasteiger partial charge in [-0.3, -0.25) is 33.7 Å². The minimum atomic E-state index is -0.626. The largest absolute Gasteiger partial charge is 0.465 e. The highest BCUT2D eigenvalue weighted by atomic mass is 16.6. The van der Waals surface area contributed by atoms with E-state index in [1.807, 2.05) is 0 Å². The Bertz CT molecular complexity index is 1430. The molecule has 16 heteroatoms. The fourth-order valence-electron chi connectivity index (χ4n) is 9.73. The molecule has 2 atom stereocenters. The van der Waals surface area contributed by atoms with Crippen LogP contribution in [0.2, 0.25) is 0 Å². The molecule has 0 radical (unpaired) electrons. The van der Waals surface area contributed by atoms with Gasteiger partial charge in [-0.1, -0.05) is 163 Å². The van der Waals surface area contributed by atoms with Gasteiger partial charge < -0.3 is 38.1 Å². The highest BCUT2D eigenvalue weighted by Gasteiger charge is 2.44. The molecule has 0 N–H and O–H groups in total. The molecule has 77 heavy (non-hydrogen) atoms. The summed E-state index contributed by atoms with van der Waals surface area (Å²) in [6.07, 6.45) is 28.0. The van der Waals surface area contributed by atoms with Crippen LogP contribution < -0.4 is 0 Å². The molecule has 2 aliphatic rings. The number of hydrogen-bond acceptors (Lipinski definition) is 15. The first kappa shape index (κ1) is 69.2. The van der Waals surface area contributed by atoms with E-state index in [2.05, 4.69) is 39.5 Å². The van der Waals surface area contributed by atoms with Crippen LogP contribution in [0.4, 0.5) is 4.79 Å². The van der Waals surface area contributed by atoms with Crippen molar-refractivity contribution in [3.05, 3.63) is 0 Å². The lowest BCUT2D eigenvalue weighted by atomic mass is 9.94. The third kappa shape index (κ3) is 36.0. The van der Waals surface area contributed by atoms with Crippen LogP contribution in [0.5, 0.6) is 0 Å². The van der Waals surface area contributed by atoms with Crippen molar-refractivity contribution >= 4 is 41.9 Å². The quantitative estimate of drug-likeness (QED) is 0.0317. The first-order chi connectivity index (χ1) is 37.4. The molecule has 0 aromatic carbocycles. The van der Waals surface area contributed by atoms with Crippen molar-refractivity contribution in [1.29, 1.82) is 0 Å². The molecular formula is C61H108N2O14. The van der Waals surface area contributed by atoms with Crippen LogP contribution >= 0.6 is 0 Å². The number of ether oxygens (including phenoxy) is 7. The summed E-state index contributed by atoms with van der Waals surface area (Å²) in [5, 5.41) is 0. The zero-order chi connectivity index (χ0) is 56.1. The number of esters is 6. The molecule has 1 amide bonds. The zero-order valence-corrected chi connectivity index (χ0v) is 49.1. The Balaban J connectivity index is 2.07. The SMILES string of the molecule is CCCCCCCCC(=O)OCC(COC(=O)CCCCCCCC)CC(=O)OC[C@@H]1C[C@H](COC(=O)CC(COC(=O)CCCCCCCC)COC(=O)CCCCCCCC)N1C(=O)OCCCN1CCC(C)CC1. The van der Waals surface area contributed by atoms with Gasteiger partial charge in [-0.05, 0) is 70.4 Å². The number of rotatable bonds is 48. The first-order valence-electron chi connectivity index (χ1n) is 31.0. The van der Waals surface area contributed by atoms with Gasteiger partial charge >= 0.3 is 41.9 Å². The topological polar surface area (TPSA) is 191 Å². The predicted octanol–water partition coefficient (Wildman–Crippen LogP) is 13.0. The van der Waals surface area contributed by atoms with Crippen molar-refractivity contribution < 1.29 is 66.7 Å². The van der Waals surface area contributed by atoms with Gasteiger partial charge in [0.15, 0.2) is 0 Å². The van der Waals surface area contributed by atoms with E-state index in [0.717, 1.165) is 135 Å². The molecule has 0 aromatic rings. The van der Waals surface area contributed by atoms with Crippen LogP contribution in [-0.4, -0.2) is 130 Å². The van der Waals surface area contributed by atoms with Crippen molar-refractivity contribution in [3.63, 3.8) is 0 Å². The Kier molecular flexibility index (Phi) is 41.2. The molecule has 0 bridgehead atoms. The Labute approximate surface area is 465 Å². The molecular weight excluding hydrogens is 985 g/mol. The monoisotopic (exact) mass is 1090 g/mol. The van der Waals surface area contributed by atoms with E-state index in [1.54, 1.807) is 0 Å². The summed E-state index contributed by atoms with van der Waals surface area (Å²) in [7, 11) is 0. The Morgan fingerprint density at radius 2 is 0.727 bits per heavy atom. The van der Waals surface area contributed by atoms with Crippen molar-refractivity contribution in [3.8, 4) is 0 Å². The van der Waals surface area contributed by atoms with E-state index in [9.17, 15) is 33.6 Å². The molecule has 2 rings (SSSR count). The zero-order valence-electron chi connectivity index (χ0n) is 49.1. The molecule has 0 aliphatic carbocycles. The number of carbonyl (C=O) groups is 7. The summed E-state index contributed by atoms with van der Waals surface area (Å²) in [5.41, 5.74) is 0. The molecule has 0 spiro atoms. The fraction of sp³-hybridized carbons (Fsp3) is 0.885. The third-order valence-corrected chi connectivity index (χ3v) is 14.9. The Hall–Kier alpha value is -3.95. The maximum Gasteiger partial charge on any atom is 0.410 e. The van der Waals surface area contributed by atoms with Gasteiger partial charge in [0.2, 0.25) is 0 Å². The van der Waals surface area contributed by atoms with Crippen LogP contribution in [0.15, 0.2) is 0 Å². The molecule has 2 fully saturated rings. The van der Waals surface area contributed by atoms with Crippen LogP contribution in [0, 0.1) is 17.8 Å². The smallest absolute Gasteiger partial charge is 0.410 e. The molecule has 2 saturated heterocycles. The number of hydrogen-bond donors (Lipinski definition) is 0. The first-order valence-corrected chi connectivity index (χ1v) is 31.0. The van der Waals surface area contributed by atoms with Crippen molar-refractivity contribution in [1.82, 2.24) is 9.80 Å². The lowest BCUT2D eigenvalue weighted by Gasteiger charge is -2.46. The number of likely N-dealkylation sites (tertiary alicyclic amines) is 2. The van der Waals surface area contributed by atoms with Gasteiger partial charge in [0, 0.05) is 44.1 Å². The van der Waals surface area contributed by atoms with Gasteiger partial charge in [-0.15, -0.1) is 0 Å². The summed E-state index contributed by atoms with van der Waals surface area (Å²) >= 11 is 0. The van der Waals surface area contributed by atoms with Crippen LogP contribution in [-0.2, 0) is 61.9 Å². The summed E-state index contributed by atoms with van der Waals surface area (Å²) in [4.78, 5) is 95.3. The summed E-state index contributed by atoms with van der Waals surface area (Å²) < 4.78 is 39.6. The van der Waals surface area contributed by atoms with E-state index in [-0.39, 0.29) is 109 Å². The Morgan fingerprint density at radius 1 is 0.403 bits per heavy atom. The molecule has 0 aromatic heterocycles. The van der Waals surface area contributed by atoms with E-state index in [4.69, 9.17) is 33.2 Å². The minimum absolute atomic E-state index is 0.107. The van der Waals surface area contributed by atoms with Crippen LogP contribution in [0.3, 0.4) is 0 Å². The average Bonchev–Trinajstić information content (AvgIpc) is 3.40. The van der Waals surface area contributed by atoms with Gasteiger partial charge in [0.1, 0.15) is 13.2 Å². The van der Waals surface area contributed by atoms with Crippen molar-refractivity contribution in [2.24, 2.45) is 17.8 Å². The number of piperidine rings is 1. The number of amides is 1. The van der Waals surface area contributed by atoms with Gasteiger partial charge in [-0.25, -0.2) is 4.79 Å². The molecule has 446 valence electrons. The van der Waals surface area contributed by atoms with Crippen LogP contribution in [0.1, 0.15) is 253 Å². The normalized spacial score (nSPS) is 15.8. The lowest BCUT2D eigenvalue weighted by molar-refractivity contribution is -0.159. The molecule has 2 heterocycles. The fourth-order valence-corrected chi connectivity index (χ4v) is 9.73. The second-order valence-electron chi connectivity index (χ2n) is 22.3. The van der Waals surface area contributed by atoms with Crippen molar-refractivity contribution in [2.75, 3.05) is 65.9 Å². The number of unbranched alkanes of at least 4 members (excludes halogenated alkanes) is 20. The van der Waals surface area contributed by atoms with Gasteiger partial charge in [0.05, 0.1) is 58.0 Å². The van der Waals surface area contributed by atoms with E-state index < -0.39 is 42.0 Å². The second kappa shape index (κ2) is 45.9. The highest BCUT2D eigenvalue weighted by molar-refractivity contribution is 5.73. The summed E-state index contributed by atoms with van der Waals surface area (Å²) in [6, 6.07) is -1.13. The minimum Gasteiger partial charge on any atom is -0.465 e. The Morgan fingerprint density at radius 3 is 1.06 bits per heavy atom. The van der Waals surface area contributed by atoms with E-state index >= 15 is 0 Å². The lowest BCUT2D eigenvalue weighted by Crippen LogP contribution is -2.62. The summed E-state index contributed by atoms with van der Waals surface area (Å²) in [5.74, 6) is -3.20. The second-order valence-corrected chi connectivity index (χ2v) is 22.3. The molecule has 2 aliphatic heterocycles. The van der Waals surface area contributed by atoms with Gasteiger partial charge in [-0.2, -0.15) is 0 Å². The van der Waals surface area contributed by atoms with Crippen LogP contribution in [0.25, 0.3) is 0 Å².